The van der Waals surface area contributed by atoms with Crippen molar-refractivity contribution in [2.45, 2.75) is 25.1 Å². The van der Waals surface area contributed by atoms with Gasteiger partial charge in [0, 0.05) is 4.47 Å². The van der Waals surface area contributed by atoms with Crippen molar-refractivity contribution in [1.82, 2.24) is 0 Å². The second-order valence-corrected chi connectivity index (χ2v) is 4.87. The highest BCUT2D eigenvalue weighted by Crippen LogP contribution is 2.31. The van der Waals surface area contributed by atoms with Crippen molar-refractivity contribution in [2.24, 2.45) is 0 Å². The van der Waals surface area contributed by atoms with E-state index in [0.29, 0.717) is 10.9 Å². The first-order valence-corrected chi connectivity index (χ1v) is 6.21. The van der Waals surface area contributed by atoms with Gasteiger partial charge in [0.25, 0.3) is 0 Å². The molecule has 0 radical (unpaired) electrons. The van der Waals surface area contributed by atoms with Crippen LogP contribution in [0.4, 0.5) is 13.2 Å². The van der Waals surface area contributed by atoms with Gasteiger partial charge < -0.3 is 4.74 Å². The maximum absolute atomic E-state index is 12.2. The number of halogens is 5. The molecule has 7 heteroatoms. The number of carbonyl (C=O) groups excluding carboxylic acids is 1. The van der Waals surface area contributed by atoms with E-state index in [-0.39, 0.29) is 5.56 Å². The molecule has 18 heavy (non-hydrogen) atoms. The van der Waals surface area contributed by atoms with Crippen molar-refractivity contribution in [3.63, 3.8) is 0 Å². The fraction of sp³-hybridized carbons (Fsp3) is 0.364. The summed E-state index contributed by atoms with van der Waals surface area (Å²) in [4.78, 5) is 11.8. The summed E-state index contributed by atoms with van der Waals surface area (Å²) in [7, 11) is 0. The topological polar surface area (TPSA) is 26.3 Å². The molecule has 1 aromatic carbocycles. The number of benzene rings is 1. The molecule has 0 fully saturated rings. The van der Waals surface area contributed by atoms with E-state index < -0.39 is 23.3 Å². The van der Waals surface area contributed by atoms with Gasteiger partial charge >= 0.3 is 6.36 Å². The summed E-state index contributed by atoms with van der Waals surface area (Å²) in [5.74, 6) is -1.15. The highest BCUT2D eigenvalue weighted by Gasteiger charge is 2.33. The summed E-state index contributed by atoms with van der Waals surface area (Å²) in [5, 5.41) is -0.873. The second-order valence-electron chi connectivity index (χ2n) is 3.43. The van der Waals surface area contributed by atoms with Crippen LogP contribution in [-0.4, -0.2) is 17.5 Å². The quantitative estimate of drug-likeness (QED) is 0.591. The van der Waals surface area contributed by atoms with E-state index in [0.717, 1.165) is 6.07 Å². The molecule has 0 heterocycles. The van der Waals surface area contributed by atoms with Crippen molar-refractivity contribution < 1.29 is 22.7 Å². The number of carbonyl (C=O) groups is 1. The molecule has 100 valence electrons. The average molecular weight is 346 g/mol. The van der Waals surface area contributed by atoms with E-state index >= 15 is 0 Å². The van der Waals surface area contributed by atoms with E-state index in [9.17, 15) is 18.0 Å². The minimum absolute atomic E-state index is 0.183. The van der Waals surface area contributed by atoms with Gasteiger partial charge in [-0.2, -0.15) is 0 Å². The van der Waals surface area contributed by atoms with Crippen LogP contribution in [0.25, 0.3) is 0 Å². The van der Waals surface area contributed by atoms with Crippen LogP contribution in [0.3, 0.4) is 0 Å². The summed E-state index contributed by atoms with van der Waals surface area (Å²) < 4.78 is 40.8. The summed E-state index contributed by atoms with van der Waals surface area (Å²) in [6, 6.07) is 3.79. The second kappa shape index (κ2) is 5.93. The lowest BCUT2D eigenvalue weighted by Crippen LogP contribution is -2.21. The third-order valence-electron chi connectivity index (χ3n) is 2.08. The van der Waals surface area contributed by atoms with Crippen molar-refractivity contribution in [1.29, 1.82) is 0 Å². The molecule has 1 rings (SSSR count). The maximum Gasteiger partial charge on any atom is 0.573 e. The van der Waals surface area contributed by atoms with Crippen LogP contribution in [0.5, 0.6) is 5.75 Å². The lowest BCUT2D eigenvalue weighted by Gasteiger charge is -2.14. The molecule has 0 saturated heterocycles. The van der Waals surface area contributed by atoms with Gasteiger partial charge in [-0.05, 0) is 24.6 Å². The van der Waals surface area contributed by atoms with Crippen molar-refractivity contribution in [3.05, 3.63) is 28.2 Å². The van der Waals surface area contributed by atoms with Gasteiger partial charge in [0.2, 0.25) is 0 Å². The maximum atomic E-state index is 12.2. The van der Waals surface area contributed by atoms with Crippen LogP contribution in [0.1, 0.15) is 23.7 Å². The standard InChI is InChI=1S/C11H9BrClF3O2/c1-2-8(13)10(17)7-4-3-6(12)5-9(7)18-11(14,15)16/h3-5,8H,2H2,1H3. The molecule has 0 aromatic heterocycles. The summed E-state index contributed by atoms with van der Waals surface area (Å²) in [6.07, 6.45) is -4.54. The fourth-order valence-corrected chi connectivity index (χ4v) is 1.72. The Morgan fingerprint density at radius 1 is 1.50 bits per heavy atom. The van der Waals surface area contributed by atoms with Gasteiger partial charge in [-0.3, -0.25) is 4.79 Å². The minimum atomic E-state index is -4.86. The Hall–Kier alpha value is -0.750. The van der Waals surface area contributed by atoms with E-state index in [1.165, 1.54) is 12.1 Å². The van der Waals surface area contributed by atoms with Crippen molar-refractivity contribution in [2.75, 3.05) is 0 Å². The van der Waals surface area contributed by atoms with Crippen molar-refractivity contribution in [3.8, 4) is 5.75 Å². The molecule has 0 amide bonds. The van der Waals surface area contributed by atoms with E-state index in [1.807, 2.05) is 0 Å². The van der Waals surface area contributed by atoms with Crippen LogP contribution in [0.15, 0.2) is 22.7 Å². The number of hydrogen-bond donors (Lipinski definition) is 0. The molecular weight excluding hydrogens is 336 g/mol. The number of ketones is 1. The Morgan fingerprint density at radius 3 is 2.61 bits per heavy atom. The Balaban J connectivity index is 3.15. The first-order valence-electron chi connectivity index (χ1n) is 4.98. The van der Waals surface area contributed by atoms with Crippen molar-refractivity contribution >= 4 is 33.3 Å². The van der Waals surface area contributed by atoms with Crippen LogP contribution in [0, 0.1) is 0 Å². The predicted octanol–water partition coefficient (Wildman–Crippen LogP) is 4.55. The Kier molecular flexibility index (Phi) is 5.04. The van der Waals surface area contributed by atoms with E-state index in [2.05, 4.69) is 20.7 Å². The monoisotopic (exact) mass is 344 g/mol. The highest BCUT2D eigenvalue weighted by atomic mass is 79.9. The molecule has 2 nitrogen and oxygen atoms in total. The van der Waals surface area contributed by atoms with Gasteiger partial charge in [-0.1, -0.05) is 22.9 Å². The van der Waals surface area contributed by atoms with Crippen LogP contribution < -0.4 is 4.74 Å². The fourth-order valence-electron chi connectivity index (χ4n) is 1.26. The first-order chi connectivity index (χ1) is 8.24. The zero-order valence-corrected chi connectivity index (χ0v) is 11.6. The van der Waals surface area contributed by atoms with Gasteiger partial charge in [0.1, 0.15) is 5.75 Å². The zero-order chi connectivity index (χ0) is 13.9. The number of alkyl halides is 4. The largest absolute Gasteiger partial charge is 0.573 e. The Bertz CT molecular complexity index is 448. The third kappa shape index (κ3) is 4.17. The SMILES string of the molecule is CCC(Cl)C(=O)c1ccc(Br)cc1OC(F)(F)F. The lowest BCUT2D eigenvalue weighted by atomic mass is 10.1. The molecule has 1 aromatic rings. The molecule has 0 bridgehead atoms. The average Bonchev–Trinajstić information content (AvgIpc) is 2.25. The number of Topliss-reactive ketones (excluding diaryl/α,β-unsaturated/α-hetero) is 1. The van der Waals surface area contributed by atoms with E-state index in [1.54, 1.807) is 6.92 Å². The molecule has 0 aliphatic heterocycles. The Morgan fingerprint density at radius 2 is 2.11 bits per heavy atom. The molecule has 0 N–H and O–H groups in total. The smallest absolute Gasteiger partial charge is 0.405 e. The van der Waals surface area contributed by atoms with E-state index in [4.69, 9.17) is 11.6 Å². The van der Waals surface area contributed by atoms with Crippen LogP contribution >= 0.6 is 27.5 Å². The molecule has 0 spiro atoms. The highest BCUT2D eigenvalue weighted by molar-refractivity contribution is 9.10. The van der Waals surface area contributed by atoms with Gasteiger partial charge in [-0.15, -0.1) is 24.8 Å². The predicted molar refractivity (Wildman–Crippen MR) is 65.1 cm³/mol. The Labute approximate surface area is 115 Å². The summed E-state index contributed by atoms with van der Waals surface area (Å²) >= 11 is 8.75. The van der Waals surface area contributed by atoms with Gasteiger partial charge in [0.15, 0.2) is 5.78 Å². The molecular formula is C11H9BrClF3O2. The third-order valence-corrected chi connectivity index (χ3v) is 3.08. The van der Waals surface area contributed by atoms with Crippen LogP contribution in [-0.2, 0) is 0 Å². The van der Waals surface area contributed by atoms with Crippen LogP contribution in [0.2, 0.25) is 0 Å². The zero-order valence-electron chi connectivity index (χ0n) is 9.22. The number of rotatable bonds is 4. The molecule has 0 saturated carbocycles. The van der Waals surface area contributed by atoms with Gasteiger partial charge in [0.05, 0.1) is 10.9 Å². The normalized spacial score (nSPS) is 13.2. The first kappa shape index (κ1) is 15.3. The lowest BCUT2D eigenvalue weighted by molar-refractivity contribution is -0.274. The summed E-state index contributed by atoms with van der Waals surface area (Å²) in [5.41, 5.74) is -0.183. The minimum Gasteiger partial charge on any atom is -0.405 e. The molecule has 0 aliphatic carbocycles. The number of hydrogen-bond acceptors (Lipinski definition) is 2. The number of ether oxygens (including phenoxy) is 1. The summed E-state index contributed by atoms with van der Waals surface area (Å²) in [6.45, 7) is 1.67. The molecule has 0 aliphatic rings. The molecule has 1 unspecified atom stereocenters. The molecule has 1 atom stereocenters. The van der Waals surface area contributed by atoms with Gasteiger partial charge in [-0.25, -0.2) is 0 Å².